The van der Waals surface area contributed by atoms with Crippen molar-refractivity contribution in [3.05, 3.63) is 32.8 Å². The Balaban J connectivity index is 2.01. The van der Waals surface area contributed by atoms with Gasteiger partial charge in [0.2, 0.25) is 0 Å². The second-order valence-electron chi connectivity index (χ2n) is 6.64. The molecule has 21 heavy (non-hydrogen) atoms. The summed E-state index contributed by atoms with van der Waals surface area (Å²) in [4.78, 5) is 12.9. The van der Waals surface area contributed by atoms with E-state index in [1.54, 1.807) is 12.1 Å². The molecule has 0 radical (unpaired) electrons. The van der Waals surface area contributed by atoms with Crippen LogP contribution in [-0.4, -0.2) is 30.1 Å². The standard InChI is InChI=1S/C15H20ClN3O2/c1-9-4-14(19(20)21)12(16)5-13(9)18-8-10-6-17-7-11(10)15(18,2)3/h4-5,10-11,17H,6-8H2,1-3H3. The molecule has 114 valence electrons. The van der Waals surface area contributed by atoms with E-state index in [1.807, 2.05) is 6.92 Å². The number of hydrogen-bond donors (Lipinski definition) is 1. The normalized spacial score (nSPS) is 27.0. The molecule has 3 rings (SSSR count). The van der Waals surface area contributed by atoms with E-state index >= 15 is 0 Å². The van der Waals surface area contributed by atoms with Gasteiger partial charge in [0.05, 0.1) is 4.92 Å². The molecule has 0 aromatic heterocycles. The number of nitrogens with zero attached hydrogens (tertiary/aromatic N) is 2. The maximum atomic E-state index is 11.0. The number of aryl methyl sites for hydroxylation is 1. The fourth-order valence-corrected chi connectivity index (χ4v) is 4.14. The number of halogens is 1. The smallest absolute Gasteiger partial charge is 0.288 e. The molecule has 1 aromatic rings. The van der Waals surface area contributed by atoms with Crippen LogP contribution in [0.25, 0.3) is 0 Å². The summed E-state index contributed by atoms with van der Waals surface area (Å²) in [7, 11) is 0. The van der Waals surface area contributed by atoms with Crippen molar-refractivity contribution in [1.29, 1.82) is 0 Å². The molecule has 1 aromatic carbocycles. The molecule has 2 atom stereocenters. The summed E-state index contributed by atoms with van der Waals surface area (Å²) < 4.78 is 0. The molecule has 1 N–H and O–H groups in total. The molecule has 0 amide bonds. The largest absolute Gasteiger partial charge is 0.365 e. The first-order chi connectivity index (χ1) is 9.82. The highest BCUT2D eigenvalue weighted by Crippen LogP contribution is 2.45. The molecule has 0 saturated carbocycles. The Morgan fingerprint density at radius 3 is 2.76 bits per heavy atom. The second kappa shape index (κ2) is 4.85. The van der Waals surface area contributed by atoms with Gasteiger partial charge >= 0.3 is 0 Å². The number of nitro groups is 1. The lowest BCUT2D eigenvalue weighted by Crippen LogP contribution is -2.44. The quantitative estimate of drug-likeness (QED) is 0.674. The molecule has 6 heteroatoms. The van der Waals surface area contributed by atoms with Crippen LogP contribution in [0.1, 0.15) is 19.4 Å². The molecular formula is C15H20ClN3O2. The van der Waals surface area contributed by atoms with Crippen LogP contribution >= 0.6 is 11.6 Å². The molecule has 2 unspecified atom stereocenters. The number of anilines is 1. The molecule has 0 bridgehead atoms. The van der Waals surface area contributed by atoms with Crippen LogP contribution in [0.4, 0.5) is 11.4 Å². The number of nitrogens with one attached hydrogen (secondary N) is 1. The van der Waals surface area contributed by atoms with Gasteiger partial charge in [-0.2, -0.15) is 0 Å². The predicted molar refractivity (Wildman–Crippen MR) is 84.1 cm³/mol. The lowest BCUT2D eigenvalue weighted by Gasteiger charge is -2.38. The van der Waals surface area contributed by atoms with Crippen molar-refractivity contribution in [1.82, 2.24) is 5.32 Å². The van der Waals surface area contributed by atoms with Gasteiger partial charge in [-0.25, -0.2) is 0 Å². The highest BCUT2D eigenvalue weighted by atomic mass is 35.5. The van der Waals surface area contributed by atoms with E-state index in [0.29, 0.717) is 11.8 Å². The van der Waals surface area contributed by atoms with Crippen LogP contribution in [0, 0.1) is 28.9 Å². The number of nitro benzene ring substituents is 1. The van der Waals surface area contributed by atoms with Gasteiger partial charge in [-0.1, -0.05) is 11.6 Å². The minimum Gasteiger partial charge on any atom is -0.365 e. The van der Waals surface area contributed by atoms with Crippen LogP contribution in [0.2, 0.25) is 5.02 Å². The van der Waals surface area contributed by atoms with Crippen molar-refractivity contribution < 1.29 is 4.92 Å². The van der Waals surface area contributed by atoms with Gasteiger partial charge in [0, 0.05) is 36.9 Å². The van der Waals surface area contributed by atoms with E-state index in [-0.39, 0.29) is 16.2 Å². The van der Waals surface area contributed by atoms with E-state index in [4.69, 9.17) is 11.6 Å². The molecule has 2 aliphatic heterocycles. The van der Waals surface area contributed by atoms with Gasteiger partial charge < -0.3 is 10.2 Å². The molecular weight excluding hydrogens is 290 g/mol. The first-order valence-electron chi connectivity index (χ1n) is 7.25. The SMILES string of the molecule is Cc1cc([N+](=O)[O-])c(Cl)cc1N1CC2CNCC2C1(C)C. The average molecular weight is 310 g/mol. The molecule has 2 saturated heterocycles. The van der Waals surface area contributed by atoms with E-state index < -0.39 is 4.92 Å². The molecule has 0 spiro atoms. The fourth-order valence-electron chi connectivity index (χ4n) is 3.92. The van der Waals surface area contributed by atoms with Gasteiger partial charge in [-0.15, -0.1) is 0 Å². The lowest BCUT2D eigenvalue weighted by molar-refractivity contribution is -0.384. The highest BCUT2D eigenvalue weighted by Gasteiger charge is 2.49. The average Bonchev–Trinajstić information content (AvgIpc) is 2.94. The van der Waals surface area contributed by atoms with Gasteiger partial charge in [0.25, 0.3) is 5.69 Å². The summed E-state index contributed by atoms with van der Waals surface area (Å²) in [6, 6.07) is 3.34. The fraction of sp³-hybridized carbons (Fsp3) is 0.600. The number of rotatable bonds is 2. The van der Waals surface area contributed by atoms with Gasteiger partial charge in [0.15, 0.2) is 0 Å². The Morgan fingerprint density at radius 1 is 1.43 bits per heavy atom. The van der Waals surface area contributed by atoms with Gasteiger partial charge in [-0.3, -0.25) is 10.1 Å². The van der Waals surface area contributed by atoms with Crippen molar-refractivity contribution in [2.45, 2.75) is 26.3 Å². The number of hydrogen-bond acceptors (Lipinski definition) is 4. The topological polar surface area (TPSA) is 58.4 Å². The maximum Gasteiger partial charge on any atom is 0.288 e. The molecule has 2 aliphatic rings. The molecule has 2 fully saturated rings. The van der Waals surface area contributed by atoms with E-state index in [9.17, 15) is 10.1 Å². The summed E-state index contributed by atoms with van der Waals surface area (Å²) in [6.45, 7) is 9.47. The van der Waals surface area contributed by atoms with Crippen molar-refractivity contribution in [2.24, 2.45) is 11.8 Å². The minimum atomic E-state index is -0.424. The number of fused-ring (bicyclic) bond motifs is 1. The summed E-state index contributed by atoms with van der Waals surface area (Å²) in [5, 5.41) is 14.7. The first kappa shape index (κ1) is 14.6. The second-order valence-corrected chi connectivity index (χ2v) is 7.04. The maximum absolute atomic E-state index is 11.0. The van der Waals surface area contributed by atoms with Gasteiger partial charge in [0.1, 0.15) is 5.02 Å². The minimum absolute atomic E-state index is 0.0169. The monoisotopic (exact) mass is 309 g/mol. The Morgan fingerprint density at radius 2 is 2.14 bits per heavy atom. The summed E-state index contributed by atoms with van der Waals surface area (Å²) in [5.74, 6) is 1.24. The predicted octanol–water partition coefficient (Wildman–Crippen LogP) is 2.99. The van der Waals surface area contributed by atoms with E-state index in [1.165, 1.54) is 0 Å². The van der Waals surface area contributed by atoms with Crippen molar-refractivity contribution in [3.8, 4) is 0 Å². The third-order valence-electron chi connectivity index (χ3n) is 5.11. The zero-order chi connectivity index (χ0) is 15.4. The third-order valence-corrected chi connectivity index (χ3v) is 5.42. The molecule has 5 nitrogen and oxygen atoms in total. The van der Waals surface area contributed by atoms with Crippen LogP contribution < -0.4 is 10.2 Å². The van der Waals surface area contributed by atoms with E-state index in [0.717, 1.165) is 30.9 Å². The molecule has 0 aliphatic carbocycles. The number of benzene rings is 1. The Hall–Kier alpha value is -1.33. The lowest BCUT2D eigenvalue weighted by atomic mass is 9.84. The Kier molecular flexibility index (Phi) is 3.37. The third kappa shape index (κ3) is 2.19. The summed E-state index contributed by atoms with van der Waals surface area (Å²) in [6.07, 6.45) is 0. The first-order valence-corrected chi connectivity index (χ1v) is 7.63. The van der Waals surface area contributed by atoms with Crippen LogP contribution in [-0.2, 0) is 0 Å². The zero-order valence-electron chi connectivity index (χ0n) is 12.5. The van der Waals surface area contributed by atoms with Crippen molar-refractivity contribution in [3.63, 3.8) is 0 Å². The molecule has 2 heterocycles. The summed E-state index contributed by atoms with van der Waals surface area (Å²) in [5.41, 5.74) is 1.94. The van der Waals surface area contributed by atoms with Crippen LogP contribution in [0.5, 0.6) is 0 Å². The summed E-state index contributed by atoms with van der Waals surface area (Å²) >= 11 is 6.11. The Labute approximate surface area is 129 Å². The van der Waals surface area contributed by atoms with E-state index in [2.05, 4.69) is 24.1 Å². The van der Waals surface area contributed by atoms with Crippen LogP contribution in [0.3, 0.4) is 0 Å². The van der Waals surface area contributed by atoms with Crippen molar-refractivity contribution in [2.75, 3.05) is 24.5 Å². The van der Waals surface area contributed by atoms with Gasteiger partial charge in [-0.05, 0) is 44.2 Å². The van der Waals surface area contributed by atoms with Crippen LogP contribution in [0.15, 0.2) is 12.1 Å². The van der Waals surface area contributed by atoms with Crippen molar-refractivity contribution >= 4 is 23.0 Å². The highest BCUT2D eigenvalue weighted by molar-refractivity contribution is 6.33. The zero-order valence-corrected chi connectivity index (χ0v) is 13.3. The Bertz CT molecular complexity index is 603.